The van der Waals surface area contributed by atoms with Crippen molar-refractivity contribution in [1.82, 2.24) is 5.32 Å². The maximum absolute atomic E-state index is 10.7. The third-order valence-electron chi connectivity index (χ3n) is 1.62. The quantitative estimate of drug-likeness (QED) is 0.856. The number of methoxy groups -OCH3 is 1. The van der Waals surface area contributed by atoms with Crippen LogP contribution in [-0.4, -0.2) is 26.4 Å². The fourth-order valence-corrected chi connectivity index (χ4v) is 1.33. The van der Waals surface area contributed by atoms with E-state index in [9.17, 15) is 4.79 Å². The first kappa shape index (κ1) is 11.8. The van der Waals surface area contributed by atoms with E-state index in [1.807, 2.05) is 24.3 Å². The van der Waals surface area contributed by atoms with Crippen molar-refractivity contribution in [2.24, 2.45) is 0 Å². The molecule has 0 aromatic heterocycles. The van der Waals surface area contributed by atoms with Crippen LogP contribution in [0.3, 0.4) is 0 Å². The molecule has 1 aromatic rings. The number of amides is 1. The normalized spacial score (nSPS) is 9.47. The van der Waals surface area contributed by atoms with Crippen LogP contribution in [0.15, 0.2) is 28.7 Å². The van der Waals surface area contributed by atoms with E-state index in [1.54, 1.807) is 0 Å². The summed E-state index contributed by atoms with van der Waals surface area (Å²) in [5.41, 5.74) is 0. The molecule has 0 fully saturated rings. The summed E-state index contributed by atoms with van der Waals surface area (Å²) < 4.78 is 10.7. The summed E-state index contributed by atoms with van der Waals surface area (Å²) in [5.74, 6) is 0.760. The second-order valence-corrected chi connectivity index (χ2v) is 3.64. The molecule has 15 heavy (non-hydrogen) atoms. The predicted molar refractivity (Wildman–Crippen MR) is 60.0 cm³/mol. The lowest BCUT2D eigenvalue weighted by atomic mass is 10.3. The molecule has 1 aromatic carbocycles. The molecule has 0 radical (unpaired) electrons. The molecule has 0 spiro atoms. The molecule has 1 rings (SSSR count). The van der Waals surface area contributed by atoms with E-state index in [1.165, 1.54) is 7.11 Å². The first-order chi connectivity index (χ1) is 7.22. The first-order valence-electron chi connectivity index (χ1n) is 4.42. The summed E-state index contributed by atoms with van der Waals surface area (Å²) >= 11 is 3.34. The van der Waals surface area contributed by atoms with Gasteiger partial charge >= 0.3 is 6.09 Å². The number of ether oxygens (including phenoxy) is 2. The number of rotatable bonds is 4. The third kappa shape index (κ3) is 4.69. The van der Waals surface area contributed by atoms with Gasteiger partial charge in [0.2, 0.25) is 0 Å². The number of alkyl carbamates (subject to hydrolysis) is 1. The molecule has 0 aliphatic heterocycles. The van der Waals surface area contributed by atoms with E-state index >= 15 is 0 Å². The van der Waals surface area contributed by atoms with Crippen molar-refractivity contribution < 1.29 is 14.3 Å². The van der Waals surface area contributed by atoms with Gasteiger partial charge in [0, 0.05) is 4.47 Å². The molecule has 0 atom stereocenters. The first-order valence-corrected chi connectivity index (χ1v) is 5.22. The zero-order valence-corrected chi connectivity index (χ0v) is 9.91. The Labute approximate surface area is 96.7 Å². The monoisotopic (exact) mass is 273 g/mol. The summed E-state index contributed by atoms with van der Waals surface area (Å²) in [7, 11) is 1.32. The summed E-state index contributed by atoms with van der Waals surface area (Å²) in [6.45, 7) is 0.824. The molecule has 5 heteroatoms. The van der Waals surface area contributed by atoms with Crippen LogP contribution in [0.1, 0.15) is 0 Å². The third-order valence-corrected chi connectivity index (χ3v) is 2.11. The standard InChI is InChI=1S/C10H12BrNO3/c1-14-10(13)12-5-6-15-9-4-2-3-8(11)7-9/h2-4,7H,5-6H2,1H3,(H,12,13). The number of nitrogens with one attached hydrogen (secondary N) is 1. The van der Waals surface area contributed by atoms with Crippen LogP contribution >= 0.6 is 15.9 Å². The SMILES string of the molecule is COC(=O)NCCOc1cccc(Br)c1. The zero-order valence-electron chi connectivity index (χ0n) is 8.33. The van der Waals surface area contributed by atoms with Gasteiger partial charge in [-0.15, -0.1) is 0 Å². The van der Waals surface area contributed by atoms with Gasteiger partial charge < -0.3 is 14.8 Å². The number of hydrogen-bond donors (Lipinski definition) is 1. The van der Waals surface area contributed by atoms with Crippen LogP contribution in [-0.2, 0) is 4.74 Å². The molecule has 0 unspecified atom stereocenters. The van der Waals surface area contributed by atoms with Crippen LogP contribution in [0, 0.1) is 0 Å². The number of carbonyl (C=O) groups is 1. The molecule has 0 aliphatic rings. The van der Waals surface area contributed by atoms with Gasteiger partial charge in [0.1, 0.15) is 12.4 Å². The average Bonchev–Trinajstić information content (AvgIpc) is 2.24. The fourth-order valence-electron chi connectivity index (χ4n) is 0.951. The smallest absolute Gasteiger partial charge is 0.406 e. The highest BCUT2D eigenvalue weighted by atomic mass is 79.9. The van der Waals surface area contributed by atoms with Crippen LogP contribution in [0.25, 0.3) is 0 Å². The predicted octanol–water partition coefficient (Wildman–Crippen LogP) is 2.18. The van der Waals surface area contributed by atoms with Crippen LogP contribution in [0.4, 0.5) is 4.79 Å². The zero-order chi connectivity index (χ0) is 11.1. The second-order valence-electron chi connectivity index (χ2n) is 2.72. The maximum Gasteiger partial charge on any atom is 0.406 e. The molecule has 0 aliphatic carbocycles. The lowest BCUT2D eigenvalue weighted by Gasteiger charge is -2.06. The summed E-state index contributed by atoms with van der Waals surface area (Å²) in [4.78, 5) is 10.7. The lowest BCUT2D eigenvalue weighted by molar-refractivity contribution is 0.168. The Hall–Kier alpha value is -1.23. The van der Waals surface area contributed by atoms with Crippen molar-refractivity contribution >= 4 is 22.0 Å². The van der Waals surface area contributed by atoms with E-state index in [0.29, 0.717) is 13.2 Å². The van der Waals surface area contributed by atoms with E-state index in [-0.39, 0.29) is 0 Å². The summed E-state index contributed by atoms with van der Waals surface area (Å²) in [6, 6.07) is 7.51. The van der Waals surface area contributed by atoms with Crippen LogP contribution in [0.5, 0.6) is 5.75 Å². The van der Waals surface area contributed by atoms with E-state index < -0.39 is 6.09 Å². The molecule has 0 saturated carbocycles. The minimum atomic E-state index is -0.451. The van der Waals surface area contributed by atoms with Crippen molar-refractivity contribution in [2.45, 2.75) is 0 Å². The summed E-state index contributed by atoms with van der Waals surface area (Å²) in [6.07, 6.45) is -0.451. The van der Waals surface area contributed by atoms with E-state index in [2.05, 4.69) is 26.0 Å². The highest BCUT2D eigenvalue weighted by Crippen LogP contribution is 2.17. The number of benzene rings is 1. The molecular weight excluding hydrogens is 262 g/mol. The van der Waals surface area contributed by atoms with Gasteiger partial charge in [-0.05, 0) is 18.2 Å². The van der Waals surface area contributed by atoms with Crippen molar-refractivity contribution in [2.75, 3.05) is 20.3 Å². The van der Waals surface area contributed by atoms with Gasteiger partial charge in [-0.1, -0.05) is 22.0 Å². The largest absolute Gasteiger partial charge is 0.492 e. The molecule has 0 bridgehead atoms. The molecule has 4 nitrogen and oxygen atoms in total. The maximum atomic E-state index is 10.7. The number of halogens is 1. The highest BCUT2D eigenvalue weighted by molar-refractivity contribution is 9.10. The fraction of sp³-hybridized carbons (Fsp3) is 0.300. The average molecular weight is 274 g/mol. The van der Waals surface area contributed by atoms with E-state index in [4.69, 9.17) is 4.74 Å². The minimum absolute atomic E-state index is 0.408. The Morgan fingerprint density at radius 1 is 1.53 bits per heavy atom. The van der Waals surface area contributed by atoms with Crippen LogP contribution in [0.2, 0.25) is 0 Å². The molecular formula is C10H12BrNO3. The Morgan fingerprint density at radius 3 is 3.00 bits per heavy atom. The van der Waals surface area contributed by atoms with Gasteiger partial charge in [-0.25, -0.2) is 4.79 Å². The van der Waals surface area contributed by atoms with Gasteiger partial charge in [0.15, 0.2) is 0 Å². The van der Waals surface area contributed by atoms with Crippen molar-refractivity contribution in [3.8, 4) is 5.75 Å². The molecule has 0 heterocycles. The van der Waals surface area contributed by atoms with E-state index in [0.717, 1.165) is 10.2 Å². The van der Waals surface area contributed by atoms with Gasteiger partial charge in [0.05, 0.1) is 13.7 Å². The number of carbonyl (C=O) groups excluding carboxylic acids is 1. The molecule has 82 valence electrons. The summed E-state index contributed by atoms with van der Waals surface area (Å²) in [5, 5.41) is 2.52. The Bertz CT molecular complexity index is 330. The Balaban J connectivity index is 2.23. The van der Waals surface area contributed by atoms with Gasteiger partial charge in [0.25, 0.3) is 0 Å². The van der Waals surface area contributed by atoms with Gasteiger partial charge in [-0.2, -0.15) is 0 Å². The molecule has 0 saturated heterocycles. The Kier molecular flexibility index (Phi) is 4.97. The number of hydrogen-bond acceptors (Lipinski definition) is 3. The highest BCUT2D eigenvalue weighted by Gasteiger charge is 1.97. The van der Waals surface area contributed by atoms with Crippen molar-refractivity contribution in [3.05, 3.63) is 28.7 Å². The molecule has 1 amide bonds. The van der Waals surface area contributed by atoms with Crippen LogP contribution < -0.4 is 10.1 Å². The van der Waals surface area contributed by atoms with Crippen molar-refractivity contribution in [1.29, 1.82) is 0 Å². The lowest BCUT2D eigenvalue weighted by Crippen LogP contribution is -2.27. The minimum Gasteiger partial charge on any atom is -0.492 e. The molecule has 1 N–H and O–H groups in total. The second kappa shape index (κ2) is 6.29. The van der Waals surface area contributed by atoms with Crippen molar-refractivity contribution in [3.63, 3.8) is 0 Å². The van der Waals surface area contributed by atoms with Gasteiger partial charge in [-0.3, -0.25) is 0 Å². The Morgan fingerprint density at radius 2 is 2.33 bits per heavy atom. The topological polar surface area (TPSA) is 47.6 Å².